The first-order chi connectivity index (χ1) is 24.8. The molecule has 0 unspecified atom stereocenters. The van der Waals surface area contributed by atoms with E-state index >= 15 is 0 Å². The molecule has 0 atom stereocenters. The van der Waals surface area contributed by atoms with Crippen molar-refractivity contribution in [3.8, 4) is 62.5 Å². The van der Waals surface area contributed by atoms with Crippen molar-refractivity contribution in [2.24, 2.45) is 0 Å². The van der Waals surface area contributed by atoms with Crippen LogP contribution >= 0.6 is 0 Å². The average Bonchev–Trinajstić information content (AvgIpc) is 3.54. The summed E-state index contributed by atoms with van der Waals surface area (Å²) in [5.74, 6) is 1.75. The van der Waals surface area contributed by atoms with Crippen LogP contribution in [-0.4, -0.2) is 19.5 Å². The molecule has 2 aromatic heterocycles. The zero-order valence-corrected chi connectivity index (χ0v) is 27.0. The second-order valence-electron chi connectivity index (χ2n) is 12.1. The fraction of sp³-hybridized carbons (Fsp3) is 0. The number of nitrogens with zero attached hydrogens (tertiary/aromatic N) is 4. The summed E-state index contributed by atoms with van der Waals surface area (Å²) in [6.45, 7) is 0. The van der Waals surface area contributed by atoms with E-state index in [1.54, 1.807) is 0 Å². The third-order valence-electron chi connectivity index (χ3n) is 8.97. The van der Waals surface area contributed by atoms with Gasteiger partial charge in [-0.3, -0.25) is 0 Å². The number of rotatable bonds is 7. The van der Waals surface area contributed by atoms with E-state index in [1.165, 1.54) is 11.1 Å². The fourth-order valence-electron chi connectivity index (χ4n) is 6.58. The minimum absolute atomic E-state index is 0.231. The van der Waals surface area contributed by atoms with Crippen molar-refractivity contribution in [2.45, 2.75) is 0 Å². The lowest BCUT2D eigenvalue weighted by Gasteiger charge is -2.14. The Labute approximate surface area is 289 Å². The Kier molecular flexibility index (Phi) is 7.41. The summed E-state index contributed by atoms with van der Waals surface area (Å²) in [6, 6.07) is 62.6. The molecular weight excluding hydrogens is 613 g/mol. The third kappa shape index (κ3) is 5.47. The lowest BCUT2D eigenvalue weighted by Crippen LogP contribution is -2.02. The van der Waals surface area contributed by atoms with Gasteiger partial charge in [-0.15, -0.1) is 0 Å². The zero-order valence-electron chi connectivity index (χ0n) is 27.0. The van der Waals surface area contributed by atoms with E-state index in [0.717, 1.165) is 49.7 Å². The van der Waals surface area contributed by atoms with Crippen LogP contribution in [0.4, 0.5) is 0 Å². The predicted molar refractivity (Wildman–Crippen MR) is 202 cm³/mol. The molecule has 0 aliphatic rings. The lowest BCUT2D eigenvalue weighted by atomic mass is 10.00. The second kappa shape index (κ2) is 12.6. The summed E-state index contributed by atoms with van der Waals surface area (Å²) in [5.41, 5.74) is 9.50. The van der Waals surface area contributed by atoms with E-state index in [9.17, 15) is 0 Å². The molecule has 50 heavy (non-hydrogen) atoms. The highest BCUT2D eigenvalue weighted by Gasteiger charge is 2.19. The summed E-state index contributed by atoms with van der Waals surface area (Å²) in [6.07, 6.45) is 0. The highest BCUT2D eigenvalue weighted by atomic mass is 16.5. The van der Waals surface area contributed by atoms with Gasteiger partial charge in [0.05, 0.1) is 11.0 Å². The highest BCUT2D eigenvalue weighted by Crippen LogP contribution is 2.39. The van der Waals surface area contributed by atoms with Crippen molar-refractivity contribution in [3.05, 3.63) is 182 Å². The first kappa shape index (κ1) is 29.3. The van der Waals surface area contributed by atoms with E-state index in [2.05, 4.69) is 108 Å². The maximum atomic E-state index is 6.69. The van der Waals surface area contributed by atoms with E-state index in [0.29, 0.717) is 17.4 Å². The Morgan fingerprint density at radius 1 is 0.380 bits per heavy atom. The van der Waals surface area contributed by atoms with Crippen molar-refractivity contribution < 1.29 is 4.74 Å². The minimum atomic E-state index is 0.231. The molecule has 5 heteroatoms. The third-order valence-corrected chi connectivity index (χ3v) is 8.97. The van der Waals surface area contributed by atoms with Gasteiger partial charge in [-0.05, 0) is 46.5 Å². The number of aromatic nitrogens is 4. The summed E-state index contributed by atoms with van der Waals surface area (Å²) in [4.78, 5) is 14.5. The Morgan fingerprint density at radius 2 is 0.880 bits per heavy atom. The molecule has 0 saturated carbocycles. The van der Waals surface area contributed by atoms with Crippen LogP contribution in [0, 0.1) is 0 Å². The van der Waals surface area contributed by atoms with E-state index in [1.807, 2.05) is 78.9 Å². The molecular formula is C45H30N4O. The van der Waals surface area contributed by atoms with E-state index < -0.39 is 0 Å². The van der Waals surface area contributed by atoms with Gasteiger partial charge in [0.2, 0.25) is 0 Å². The molecule has 0 N–H and O–H groups in total. The molecule has 5 nitrogen and oxygen atoms in total. The monoisotopic (exact) mass is 642 g/mol. The topological polar surface area (TPSA) is 52.8 Å². The van der Waals surface area contributed by atoms with Gasteiger partial charge >= 0.3 is 6.01 Å². The lowest BCUT2D eigenvalue weighted by molar-refractivity contribution is 0.444. The van der Waals surface area contributed by atoms with Crippen molar-refractivity contribution in [3.63, 3.8) is 0 Å². The van der Waals surface area contributed by atoms with Gasteiger partial charge in [-0.1, -0.05) is 158 Å². The van der Waals surface area contributed by atoms with Crippen LogP contribution in [0.15, 0.2) is 182 Å². The quantitative estimate of drug-likeness (QED) is 0.174. The molecule has 0 saturated heterocycles. The van der Waals surface area contributed by atoms with E-state index in [4.69, 9.17) is 19.7 Å². The van der Waals surface area contributed by atoms with Crippen LogP contribution in [0.25, 0.3) is 72.5 Å². The predicted octanol–water partition coefficient (Wildman–Crippen LogP) is 11.4. The molecule has 0 fully saturated rings. The van der Waals surface area contributed by atoms with Gasteiger partial charge in [0, 0.05) is 27.6 Å². The molecule has 0 amide bonds. The van der Waals surface area contributed by atoms with Gasteiger partial charge in [0.15, 0.2) is 17.4 Å². The number of hydrogen-bond donors (Lipinski definition) is 0. The van der Waals surface area contributed by atoms with Gasteiger partial charge in [0.1, 0.15) is 0 Å². The molecule has 236 valence electrons. The Morgan fingerprint density at radius 3 is 1.54 bits per heavy atom. The van der Waals surface area contributed by atoms with Crippen molar-refractivity contribution in [1.82, 2.24) is 19.5 Å². The van der Waals surface area contributed by atoms with Crippen molar-refractivity contribution in [2.75, 3.05) is 0 Å². The zero-order chi connectivity index (χ0) is 33.3. The van der Waals surface area contributed by atoms with Crippen molar-refractivity contribution >= 4 is 21.8 Å². The molecule has 2 heterocycles. The van der Waals surface area contributed by atoms with Gasteiger partial charge < -0.3 is 9.30 Å². The SMILES string of the molecule is c1ccc(-c2ccc(-c3cccc(-n4c5ccccc5c5cccc(Oc6nc(-c7ccccc7)nc(-c7ccccc7)n6)c54)c3)cc2)cc1. The largest absolute Gasteiger partial charge is 0.422 e. The molecule has 0 aliphatic carbocycles. The molecule has 0 radical (unpaired) electrons. The fourth-order valence-corrected chi connectivity index (χ4v) is 6.58. The normalized spacial score (nSPS) is 11.2. The van der Waals surface area contributed by atoms with Crippen LogP contribution in [0.1, 0.15) is 0 Å². The Bertz CT molecular complexity index is 2540. The second-order valence-corrected chi connectivity index (χ2v) is 12.1. The molecule has 0 bridgehead atoms. The van der Waals surface area contributed by atoms with E-state index in [-0.39, 0.29) is 6.01 Å². The standard InChI is InChI=1S/C45H30N4O/c1-4-14-31(15-5-1)32-26-28-33(29-27-32)36-20-12-21-37(30-36)49-40-24-11-10-22-38(40)39-23-13-25-41(42(39)49)50-45-47-43(34-16-6-2-7-17-34)46-44(48-45)35-18-8-3-9-19-35/h1-30H. The number of fused-ring (bicyclic) bond motifs is 3. The van der Waals surface area contributed by atoms with Crippen LogP contribution in [-0.2, 0) is 0 Å². The molecule has 0 spiro atoms. The van der Waals surface area contributed by atoms with Gasteiger partial charge in [-0.25, -0.2) is 4.98 Å². The molecule has 7 aromatic carbocycles. The number of ether oxygens (including phenoxy) is 1. The molecule has 9 aromatic rings. The van der Waals surface area contributed by atoms with Crippen LogP contribution in [0.2, 0.25) is 0 Å². The van der Waals surface area contributed by atoms with Crippen molar-refractivity contribution in [1.29, 1.82) is 0 Å². The maximum absolute atomic E-state index is 6.69. The van der Waals surface area contributed by atoms with Crippen LogP contribution in [0.3, 0.4) is 0 Å². The van der Waals surface area contributed by atoms with Gasteiger partial charge in [-0.2, -0.15) is 9.97 Å². The molecule has 0 aliphatic heterocycles. The minimum Gasteiger partial charge on any atom is -0.422 e. The summed E-state index contributed by atoms with van der Waals surface area (Å²) in [7, 11) is 0. The number of benzene rings is 7. The number of para-hydroxylation sites is 2. The number of hydrogen-bond acceptors (Lipinski definition) is 4. The first-order valence-corrected chi connectivity index (χ1v) is 16.6. The molecule has 9 rings (SSSR count). The maximum Gasteiger partial charge on any atom is 0.326 e. The Hall–Kier alpha value is -6.85. The van der Waals surface area contributed by atoms with Crippen LogP contribution < -0.4 is 4.74 Å². The van der Waals surface area contributed by atoms with Gasteiger partial charge in [0.25, 0.3) is 0 Å². The summed E-state index contributed by atoms with van der Waals surface area (Å²) >= 11 is 0. The summed E-state index contributed by atoms with van der Waals surface area (Å²) in [5, 5.41) is 2.22. The van der Waals surface area contributed by atoms with Crippen LogP contribution in [0.5, 0.6) is 11.8 Å². The average molecular weight is 643 g/mol. The first-order valence-electron chi connectivity index (χ1n) is 16.6. The highest BCUT2D eigenvalue weighted by molar-refractivity contribution is 6.11. The summed E-state index contributed by atoms with van der Waals surface area (Å²) < 4.78 is 8.97. The smallest absolute Gasteiger partial charge is 0.326 e. The Balaban J connectivity index is 1.18.